The number of amides is 5. The average molecular weight is 669 g/mol. The lowest BCUT2D eigenvalue weighted by atomic mass is 9.81. The van der Waals surface area contributed by atoms with Crippen LogP contribution in [0.15, 0.2) is 34.5 Å². The topological polar surface area (TPSA) is 171 Å². The Morgan fingerprint density at radius 1 is 1.09 bits per heavy atom. The monoisotopic (exact) mass is 668 g/mol. The molecule has 2 aromatic heterocycles. The third kappa shape index (κ3) is 6.05. The van der Waals surface area contributed by atoms with Crippen molar-refractivity contribution in [3.63, 3.8) is 0 Å². The molecule has 0 radical (unpaired) electrons. The first kappa shape index (κ1) is 31.1. The fraction of sp³-hybridized carbons (Fsp3) is 0.516. The van der Waals surface area contributed by atoms with Gasteiger partial charge < -0.3 is 26.2 Å². The molecule has 4 aliphatic rings. The average Bonchev–Trinajstić information content (AvgIpc) is 3.38. The van der Waals surface area contributed by atoms with Gasteiger partial charge in [-0.1, -0.05) is 11.2 Å². The van der Waals surface area contributed by atoms with Crippen LogP contribution in [0.5, 0.6) is 0 Å². The van der Waals surface area contributed by atoms with Crippen molar-refractivity contribution in [2.75, 3.05) is 23.7 Å². The predicted molar refractivity (Wildman–Crippen MR) is 165 cm³/mol. The lowest BCUT2D eigenvalue weighted by Crippen LogP contribution is -2.66. The first-order valence-electron chi connectivity index (χ1n) is 15.6. The zero-order chi connectivity index (χ0) is 33.0. The van der Waals surface area contributed by atoms with E-state index in [1.54, 1.807) is 28.7 Å². The van der Waals surface area contributed by atoms with Crippen LogP contribution in [-0.2, 0) is 22.4 Å². The highest BCUT2D eigenvalue weighted by atomic mass is 32.1. The number of fused-ring (bicyclic) bond motifs is 1. The number of hydrogen-bond donors (Lipinski definition) is 4. The van der Waals surface area contributed by atoms with Gasteiger partial charge in [0.2, 0.25) is 11.8 Å². The summed E-state index contributed by atoms with van der Waals surface area (Å²) in [7, 11) is 0. The summed E-state index contributed by atoms with van der Waals surface area (Å²) in [5.74, 6) is -4.94. The number of thiazole rings is 1. The highest BCUT2D eigenvalue weighted by Crippen LogP contribution is 2.50. The summed E-state index contributed by atoms with van der Waals surface area (Å²) >= 11 is 1.29. The molecule has 248 valence electrons. The van der Waals surface area contributed by atoms with Gasteiger partial charge in [0, 0.05) is 49.9 Å². The molecule has 5 amide bonds. The number of alkyl halides is 2. The summed E-state index contributed by atoms with van der Waals surface area (Å²) in [6.45, 7) is 2.58. The zero-order valence-corrected chi connectivity index (χ0v) is 26.4. The van der Waals surface area contributed by atoms with E-state index >= 15 is 0 Å². The van der Waals surface area contributed by atoms with Crippen LogP contribution in [0, 0.1) is 18.3 Å². The van der Waals surface area contributed by atoms with Crippen molar-refractivity contribution in [3.8, 4) is 0 Å². The highest BCUT2D eigenvalue weighted by molar-refractivity contribution is 7.14. The molecule has 3 aromatic rings. The van der Waals surface area contributed by atoms with Crippen molar-refractivity contribution < 1.29 is 32.6 Å². The smallest absolute Gasteiger partial charge is 0.318 e. The maximum Gasteiger partial charge on any atom is 0.318 e. The second-order valence-electron chi connectivity index (χ2n) is 13.3. The van der Waals surface area contributed by atoms with Crippen LogP contribution in [0.1, 0.15) is 65.8 Å². The van der Waals surface area contributed by atoms with E-state index in [1.165, 1.54) is 18.3 Å². The van der Waals surface area contributed by atoms with Gasteiger partial charge in [-0.3, -0.25) is 19.4 Å². The summed E-state index contributed by atoms with van der Waals surface area (Å²) in [5, 5.41) is 19.3. The molecule has 3 heterocycles. The van der Waals surface area contributed by atoms with Gasteiger partial charge in [0.15, 0.2) is 5.69 Å². The Bertz CT molecular complexity index is 1720. The number of aryl methyl sites for hydroxylation is 1. The van der Waals surface area contributed by atoms with Crippen molar-refractivity contribution in [1.82, 2.24) is 30.8 Å². The second kappa shape index (κ2) is 11.6. The Hall–Kier alpha value is -4.47. The number of nitrogens with one attached hydrogen (secondary N) is 4. The number of carbonyl (C=O) groups excluding carboxylic acids is 4. The number of halogens is 2. The van der Waals surface area contributed by atoms with Gasteiger partial charge in [0.1, 0.15) is 22.3 Å². The summed E-state index contributed by atoms with van der Waals surface area (Å²) < 4.78 is 32.6. The Labute approximate surface area is 272 Å². The zero-order valence-electron chi connectivity index (χ0n) is 25.6. The second-order valence-corrected chi connectivity index (χ2v) is 14.2. The number of aromatic nitrogens is 3. The number of urea groups is 1. The third-order valence-electron chi connectivity index (χ3n) is 10.0. The van der Waals surface area contributed by atoms with Crippen LogP contribution < -0.4 is 21.3 Å². The van der Waals surface area contributed by atoms with E-state index < -0.39 is 48.1 Å². The Morgan fingerprint density at radius 3 is 2.53 bits per heavy atom. The molecule has 1 aliphatic heterocycles. The van der Waals surface area contributed by atoms with E-state index in [4.69, 9.17) is 0 Å². The fourth-order valence-corrected chi connectivity index (χ4v) is 7.56. The van der Waals surface area contributed by atoms with Crippen molar-refractivity contribution >= 4 is 45.8 Å². The highest BCUT2D eigenvalue weighted by Gasteiger charge is 2.57. The fourth-order valence-electron chi connectivity index (χ4n) is 7.05. The molecule has 16 heteroatoms. The SMILES string of the molecule is Cc1nonc1C(=O)N[C@H](C(=O)Nc1ccc2c(c1)CC(C(=O)Nc1cncs1)(N1CC3(CC3)CNC1=O)C2)C1CCC(F)(F)CC1. The van der Waals surface area contributed by atoms with Gasteiger partial charge in [0.05, 0.1) is 11.7 Å². The Balaban J connectivity index is 1.13. The minimum absolute atomic E-state index is 0.0390. The molecule has 1 unspecified atom stereocenters. The molecule has 0 bridgehead atoms. The molecule has 1 aromatic carbocycles. The molecular formula is C31H34F2N8O5S. The molecule has 13 nitrogen and oxygen atoms in total. The summed E-state index contributed by atoms with van der Waals surface area (Å²) in [6, 6.07) is 3.87. The molecule has 1 saturated heterocycles. The first-order valence-corrected chi connectivity index (χ1v) is 16.5. The largest absolute Gasteiger partial charge is 0.338 e. The lowest BCUT2D eigenvalue weighted by molar-refractivity contribution is -0.127. The molecule has 2 saturated carbocycles. The molecule has 1 spiro atoms. The quantitative estimate of drug-likeness (QED) is 0.282. The minimum Gasteiger partial charge on any atom is -0.338 e. The summed E-state index contributed by atoms with van der Waals surface area (Å²) in [5.41, 5.74) is 2.56. The number of benzene rings is 1. The van der Waals surface area contributed by atoms with Crippen molar-refractivity contribution in [1.29, 1.82) is 0 Å². The number of nitrogens with zero attached hydrogens (tertiary/aromatic N) is 4. The van der Waals surface area contributed by atoms with E-state index in [0.29, 0.717) is 23.8 Å². The molecule has 3 fully saturated rings. The Morgan fingerprint density at radius 2 is 1.85 bits per heavy atom. The number of hydrogen-bond acceptors (Lipinski definition) is 9. The van der Waals surface area contributed by atoms with E-state index in [0.717, 1.165) is 24.0 Å². The maximum absolute atomic E-state index is 14.0. The van der Waals surface area contributed by atoms with Crippen LogP contribution in [0.4, 0.5) is 24.3 Å². The number of rotatable bonds is 8. The lowest BCUT2D eigenvalue weighted by Gasteiger charge is -2.44. The molecule has 3 aliphatic carbocycles. The van der Waals surface area contributed by atoms with Gasteiger partial charge >= 0.3 is 6.03 Å². The number of carbonyl (C=O) groups is 4. The standard InChI is InChI=1S/C31H34F2N8O5S/c1-17-23(40-46-39-17)25(42)38-24(18-4-6-31(32,33)7-5-18)26(43)36-21-3-2-19-11-30(12-20(19)10-21,27(44)37-22-13-34-16-47-22)41-15-29(8-9-29)14-35-28(41)45/h2-3,10,13,16,18,24H,4-9,11-12,14-15H2,1H3,(H,35,45)(H,36,43)(H,37,44)(H,38,42)/t24-,30?/m0/s1. The minimum atomic E-state index is -2.82. The van der Waals surface area contributed by atoms with Gasteiger partial charge in [-0.2, -0.15) is 0 Å². The molecule has 7 rings (SSSR count). The van der Waals surface area contributed by atoms with E-state index in [2.05, 4.69) is 41.2 Å². The number of anilines is 2. The van der Waals surface area contributed by atoms with Crippen LogP contribution in [-0.4, -0.2) is 74.5 Å². The first-order chi connectivity index (χ1) is 22.5. The normalized spacial score (nSPS) is 23.5. The Kier molecular flexibility index (Phi) is 7.72. The van der Waals surface area contributed by atoms with Crippen molar-refractivity contribution in [2.24, 2.45) is 11.3 Å². The summed E-state index contributed by atoms with van der Waals surface area (Å²) in [6.07, 6.45) is 3.32. The van der Waals surface area contributed by atoms with Crippen LogP contribution >= 0.6 is 11.3 Å². The molecule has 2 atom stereocenters. The molecule has 47 heavy (non-hydrogen) atoms. The van der Waals surface area contributed by atoms with Crippen molar-refractivity contribution in [2.45, 2.75) is 75.8 Å². The van der Waals surface area contributed by atoms with E-state index in [1.807, 2.05) is 6.07 Å². The summed E-state index contributed by atoms with van der Waals surface area (Å²) in [4.78, 5) is 59.8. The van der Waals surface area contributed by atoms with Gasteiger partial charge in [-0.05, 0) is 66.9 Å². The predicted octanol–water partition coefficient (Wildman–Crippen LogP) is 3.68. The van der Waals surface area contributed by atoms with Gasteiger partial charge in [0.25, 0.3) is 11.8 Å². The van der Waals surface area contributed by atoms with Crippen LogP contribution in [0.2, 0.25) is 0 Å². The maximum atomic E-state index is 14.0. The van der Waals surface area contributed by atoms with Crippen LogP contribution in [0.3, 0.4) is 0 Å². The van der Waals surface area contributed by atoms with Crippen LogP contribution in [0.25, 0.3) is 0 Å². The molecular weight excluding hydrogens is 634 g/mol. The van der Waals surface area contributed by atoms with E-state index in [-0.39, 0.29) is 54.4 Å². The third-order valence-corrected chi connectivity index (χ3v) is 10.7. The van der Waals surface area contributed by atoms with Gasteiger partial charge in [-0.15, -0.1) is 11.3 Å². The van der Waals surface area contributed by atoms with E-state index in [9.17, 15) is 28.0 Å². The van der Waals surface area contributed by atoms with Gasteiger partial charge in [-0.25, -0.2) is 18.2 Å². The molecule has 4 N–H and O–H groups in total. The van der Waals surface area contributed by atoms with Crippen molar-refractivity contribution in [3.05, 3.63) is 52.4 Å².